The van der Waals surface area contributed by atoms with E-state index in [1.807, 2.05) is 12.1 Å². The van der Waals surface area contributed by atoms with E-state index in [0.717, 1.165) is 59.0 Å². The number of carboxylic acid groups (broad SMARTS) is 2. The number of aliphatic carboxylic acids is 2. The van der Waals surface area contributed by atoms with Crippen molar-refractivity contribution in [3.05, 3.63) is 131 Å². The van der Waals surface area contributed by atoms with Gasteiger partial charge in [-0.25, -0.2) is 0 Å². The van der Waals surface area contributed by atoms with Gasteiger partial charge in [0.05, 0.1) is 77.4 Å². The fourth-order valence-electron chi connectivity index (χ4n) is 20.4. The molecule has 0 aromatic heterocycles. The molecule has 0 amide bonds. The number of nitrogens with two attached hydrogens (primary N) is 1. The second-order valence-corrected chi connectivity index (χ2v) is 36.8. The summed E-state index contributed by atoms with van der Waals surface area (Å²) in [5, 5.41) is 245. The number of carbonyl (C=O) groups is 2. The van der Waals surface area contributed by atoms with Crippen LogP contribution in [-0.2, 0) is 96.2 Å². The molecule has 18 saturated heterocycles. The number of carboxylic acids is 2. The Balaban J connectivity index is 0.000000242. The molecule has 0 saturated carbocycles. The second kappa shape index (κ2) is 45.6. The molecule has 43 nitrogen and oxygen atoms in total. The van der Waals surface area contributed by atoms with Gasteiger partial charge in [-0.1, -0.05) is 74.5 Å². The summed E-state index contributed by atoms with van der Waals surface area (Å²) in [6, 6.07) is 25.3. The van der Waals surface area contributed by atoms with Crippen molar-refractivity contribution in [2.24, 2.45) is 11.7 Å². The molecule has 1 aliphatic carbocycles. The Bertz CT molecular complexity index is 4840. The van der Waals surface area contributed by atoms with E-state index in [2.05, 4.69) is 122 Å². The van der Waals surface area contributed by atoms with Crippen LogP contribution >= 0.6 is 0 Å². The fraction of sp³-hybridized carbons (Fsp3) is 0.667. The normalized spacial score (nSPS) is 39.6. The second-order valence-electron chi connectivity index (χ2n) is 36.8. The minimum Gasteiger partial charge on any atom is -0.496 e. The van der Waals surface area contributed by atoms with E-state index in [9.17, 15) is 122 Å². The molecule has 43 heteroatoms. The maximum atomic E-state index is 11.8. The van der Waals surface area contributed by atoms with Crippen molar-refractivity contribution >= 4 is 50.6 Å². The predicted molar refractivity (Wildman–Crippen MR) is 468 cm³/mol. The number of allylic oxidation sites excluding steroid dienone is 7. The van der Waals surface area contributed by atoms with E-state index in [1.54, 1.807) is 7.11 Å². The lowest BCUT2D eigenvalue weighted by Gasteiger charge is -2.50. The van der Waals surface area contributed by atoms with Crippen molar-refractivity contribution in [3.63, 3.8) is 0 Å². The van der Waals surface area contributed by atoms with Crippen LogP contribution in [0.2, 0.25) is 0 Å². The summed E-state index contributed by atoms with van der Waals surface area (Å²) >= 11 is 0. The Kier molecular flexibility index (Phi) is 35.2. The van der Waals surface area contributed by atoms with Crippen molar-refractivity contribution in [1.82, 2.24) is 0 Å². The van der Waals surface area contributed by atoms with Gasteiger partial charge in [-0.3, -0.25) is 9.59 Å². The molecule has 0 spiro atoms. The molecule has 21 aliphatic rings. The lowest BCUT2D eigenvalue weighted by atomic mass is 9.78. The highest BCUT2D eigenvalue weighted by Gasteiger charge is 2.60. The van der Waals surface area contributed by atoms with Crippen molar-refractivity contribution in [3.8, 4) is 0 Å². The van der Waals surface area contributed by atoms with Crippen molar-refractivity contribution < 1.29 is 202 Å². The van der Waals surface area contributed by atoms with Crippen LogP contribution in [0, 0.1) is 5.92 Å². The van der Waals surface area contributed by atoms with E-state index < -0.39 is 273 Å². The van der Waals surface area contributed by atoms with Gasteiger partial charge in [0, 0.05) is 60.2 Å². The van der Waals surface area contributed by atoms with Crippen LogP contribution < -0.4 is 10.6 Å². The van der Waals surface area contributed by atoms with Gasteiger partial charge in [-0.05, 0) is 121 Å². The number of methoxy groups -OCH3 is 1. The average molecular weight is 1930 g/mol. The van der Waals surface area contributed by atoms with Gasteiger partial charge >= 0.3 is 11.9 Å². The highest BCUT2D eigenvalue weighted by atomic mass is 16.8. The minimum absolute atomic E-state index is 0.0308. The summed E-state index contributed by atoms with van der Waals surface area (Å²) < 4.78 is 95.5. The molecule has 35 atom stereocenters. The van der Waals surface area contributed by atoms with Gasteiger partial charge in [0.15, 0.2) is 56.3 Å². The number of ether oxygens (including phenoxy) is 16. The third-order valence-electron chi connectivity index (χ3n) is 27.5. The minimum atomic E-state index is -2.21. The molecule has 4 aromatic rings. The fourth-order valence-corrected chi connectivity index (χ4v) is 20.4. The molecule has 20 heterocycles. The number of nitrogens with zero attached hydrogens (tertiary/aromatic N) is 2. The standard InChI is InChI=1S/C48H83NO35.C45H46N2O5/c49-4-2-6-70-41-34(69)40-21(13-56)78-48(41)71-5-1-3-14-15(7-50)72-42(28(63)22(14)57)79-35-16(8-51)73-43(29(64)23(35)58)80-36-17(9-52)74-44(30(65)24(36)59)81-37-18(10-53)75-45(31(66)25(37)60)82-38-19(11-54)76-46(32(67)26(38)61)83-39-20(12-55)77-47(84-40)33(68)27(39)62;1-44(2)37(46(27-25-39(48)49)35-21-17-29-11-6-8-15-33(29)41(35)44)23-19-31-13-10-14-32(43(31)52-5)20-24-38-45(3,4)42-34-16-9-7-12-30(34)18-22-36(42)47(38)28-26-40(50)51/h14-48,50-69H,1-13,49H2;6-9,11-12,15-24H,10,13-14,25-28H2,1-5H3,(H-,48,49,50,51)/p+1/t14-,15-,16-,17-,18-,19-,20-,21-,22+,23-,24-,25-,26-,27-,28-,29-,30-,31-,32-,33-,34+,35-,36-,37-,38-,39-,40-,41-,42?,43?,44?,45?,46?,47?,48+;/m1./s1. The highest BCUT2D eigenvalue weighted by molar-refractivity contribution is 6.08. The number of fused-ring (bicyclic) bond motifs is 7. The molecular weight excluding hydrogens is 1800 g/mol. The van der Waals surface area contributed by atoms with Gasteiger partial charge in [-0.2, -0.15) is 4.58 Å². The lowest BCUT2D eigenvalue weighted by molar-refractivity contribution is -0.436. The zero-order valence-corrected chi connectivity index (χ0v) is 75.7. The third kappa shape index (κ3) is 21.4. The molecule has 136 heavy (non-hydrogen) atoms. The van der Waals surface area contributed by atoms with E-state index in [0.29, 0.717) is 13.1 Å². The number of benzene rings is 4. The monoisotopic (exact) mass is 1930 g/mol. The summed E-state index contributed by atoms with van der Waals surface area (Å²) in [7, 11) is 1.73. The summed E-state index contributed by atoms with van der Waals surface area (Å²) in [4.78, 5) is 25.7. The Morgan fingerprint density at radius 3 is 1.30 bits per heavy atom. The zero-order chi connectivity index (χ0) is 97.8. The summed E-state index contributed by atoms with van der Waals surface area (Å²) in [5.74, 6) is -1.83. The smallest absolute Gasteiger partial charge is 0.309 e. The number of aliphatic hydroxyl groups is 20. The molecule has 18 fully saturated rings. The Hall–Kier alpha value is -6.87. The molecule has 4 aromatic carbocycles. The molecule has 20 aliphatic heterocycles. The number of hydrogen-bond acceptors (Lipinski definition) is 40. The highest BCUT2D eigenvalue weighted by Crippen LogP contribution is 2.52. The molecule has 24 N–H and O–H groups in total. The van der Waals surface area contributed by atoms with Gasteiger partial charge in [0.2, 0.25) is 5.69 Å². The first-order valence-electron chi connectivity index (χ1n) is 46.0. The van der Waals surface area contributed by atoms with Crippen LogP contribution in [0.3, 0.4) is 0 Å². The van der Waals surface area contributed by atoms with Crippen molar-refractivity contribution in [2.75, 3.05) is 91.1 Å². The number of anilines is 1. The van der Waals surface area contributed by atoms with Crippen LogP contribution in [0.5, 0.6) is 0 Å². The zero-order valence-electron chi connectivity index (χ0n) is 75.7. The molecule has 14 bridgehead atoms. The van der Waals surface area contributed by atoms with Crippen LogP contribution in [0.15, 0.2) is 120 Å². The number of rotatable bonds is 21. The largest absolute Gasteiger partial charge is 0.496 e. The van der Waals surface area contributed by atoms with Crippen LogP contribution in [0.25, 0.3) is 21.5 Å². The number of hydrogen-bond donors (Lipinski definition) is 23. The maximum Gasteiger partial charge on any atom is 0.309 e. The van der Waals surface area contributed by atoms with E-state index in [4.69, 9.17) is 81.5 Å². The van der Waals surface area contributed by atoms with Gasteiger partial charge in [-0.15, -0.1) is 0 Å². The van der Waals surface area contributed by atoms with Crippen molar-refractivity contribution in [2.45, 2.75) is 299 Å². The summed E-state index contributed by atoms with van der Waals surface area (Å²) in [5.41, 5.74) is 13.8. The van der Waals surface area contributed by atoms with E-state index in [-0.39, 0.29) is 62.7 Å². The van der Waals surface area contributed by atoms with Crippen LogP contribution in [0.4, 0.5) is 11.4 Å². The average Bonchev–Trinajstić information content (AvgIpc) is 1.57. The summed E-state index contributed by atoms with van der Waals surface area (Å²) in [6.07, 6.45) is -52.1. The van der Waals surface area contributed by atoms with Gasteiger partial charge in [0.1, 0.15) is 165 Å². The Morgan fingerprint density at radius 1 is 0.456 bits per heavy atom. The van der Waals surface area contributed by atoms with Crippen LogP contribution in [0.1, 0.15) is 90.2 Å². The molecule has 756 valence electrons. The van der Waals surface area contributed by atoms with E-state index >= 15 is 0 Å². The van der Waals surface area contributed by atoms with Crippen LogP contribution in [-0.4, -0.2) is 430 Å². The first-order valence-corrected chi connectivity index (χ1v) is 46.0. The quantitative estimate of drug-likeness (QED) is 0.0277. The van der Waals surface area contributed by atoms with Gasteiger partial charge < -0.3 is 199 Å². The SMILES string of the molecule is COC1=C(/C=C/C2=[N+](CCC(=O)O)c3ccc4ccccc4c3C2(C)C)CCC/C1=C\C=C1\N(CCC(=O)O)c2ccc3ccccc3c2C1(C)C.NCCCO[C@H]1[C@H]2OCCC[C@H]3[C@H](O)[C@@H](O)C(O[C@H]4[C@H](O)[C@@H](O)C(O[C@H]5[C@H](O)[C@@H](O)C(O[C@H]6[C@H](O)[C@@H](O)C(O[C@H]7[C@H](O)[C@@H](O)C(O[C@H]8[C@H](O)[C@@H](O)C(O[C@@H]([C@@H]1O)[C@@H](CO)O2)O[C@@H]8CO)O[C@@H]7CO)O[C@@H]6CO)O[C@@H]5CO)O[C@@H]4CO)O[C@@H]3CO. The van der Waals surface area contributed by atoms with Gasteiger partial charge in [0.25, 0.3) is 0 Å². The number of aliphatic hydroxyl groups excluding tert-OH is 20. The summed E-state index contributed by atoms with van der Waals surface area (Å²) in [6.45, 7) is 2.79. The maximum absolute atomic E-state index is 11.8. The molecule has 0 radical (unpaired) electrons. The predicted octanol–water partition coefficient (Wildman–Crippen LogP) is -4.26. The van der Waals surface area contributed by atoms with E-state index in [1.165, 1.54) is 32.7 Å². The first-order chi connectivity index (χ1) is 65.1. The topological polar surface area (TPSA) is 659 Å². The third-order valence-corrected chi connectivity index (χ3v) is 27.5. The van der Waals surface area contributed by atoms with Crippen molar-refractivity contribution in [1.29, 1.82) is 0 Å². The first kappa shape index (κ1) is 105. The Morgan fingerprint density at radius 2 is 0.868 bits per heavy atom. The molecular formula is C93H130N3O40+. The molecule has 25 rings (SSSR count). The lowest BCUT2D eigenvalue weighted by Crippen LogP contribution is -2.68. The molecule has 6 unspecified atom stereocenters. The Labute approximate surface area is 781 Å².